The number of ketones is 1. The number of allylic oxidation sites excluding steroid dienone is 6. The Balaban J connectivity index is 2.72. The van der Waals surface area contributed by atoms with E-state index in [0.29, 0.717) is 0 Å². The predicted molar refractivity (Wildman–Crippen MR) is 72.7 cm³/mol. The molecular weight excluding hydrogens is 210 g/mol. The van der Waals surface area contributed by atoms with Crippen molar-refractivity contribution in [2.24, 2.45) is 0 Å². The molecule has 1 heterocycles. The second-order valence-corrected chi connectivity index (χ2v) is 4.32. The van der Waals surface area contributed by atoms with Gasteiger partial charge in [-0.05, 0) is 27.7 Å². The van der Waals surface area contributed by atoms with Gasteiger partial charge < -0.3 is 4.90 Å². The van der Waals surface area contributed by atoms with Crippen LogP contribution in [0.2, 0.25) is 0 Å². The number of carbonyl (C=O) groups excluding carboxylic acids is 1. The monoisotopic (exact) mass is 231 g/mol. The Kier molecular flexibility index (Phi) is 4.95. The van der Waals surface area contributed by atoms with Gasteiger partial charge in [0.15, 0.2) is 5.78 Å². The summed E-state index contributed by atoms with van der Waals surface area (Å²) in [7, 11) is 0. The number of nitrogens with zero attached hydrogens (tertiary/aromatic N) is 1. The Hall–Kier alpha value is -1.57. The molecule has 0 spiro atoms. The largest absolute Gasteiger partial charge is 0.367 e. The molecule has 2 nitrogen and oxygen atoms in total. The minimum absolute atomic E-state index is 0.0765. The van der Waals surface area contributed by atoms with Crippen LogP contribution in [-0.2, 0) is 4.79 Å². The number of carbonyl (C=O) groups is 1. The average molecular weight is 231 g/mol. The zero-order valence-electron chi connectivity index (χ0n) is 11.2. The summed E-state index contributed by atoms with van der Waals surface area (Å²) in [6.07, 6.45) is 9.50. The molecule has 0 radical (unpaired) electrons. The molecule has 0 amide bonds. The Morgan fingerprint density at radius 1 is 1.41 bits per heavy atom. The number of hydrogen-bond donors (Lipinski definition) is 0. The minimum Gasteiger partial charge on any atom is -0.367 e. The zero-order chi connectivity index (χ0) is 12.8. The Labute approximate surface area is 104 Å². The van der Waals surface area contributed by atoms with E-state index >= 15 is 0 Å². The summed E-state index contributed by atoms with van der Waals surface area (Å²) in [6, 6.07) is 0. The van der Waals surface area contributed by atoms with E-state index in [-0.39, 0.29) is 5.78 Å². The standard InChI is InChI=1S/C15H21NO/c1-5-7-14(6-2)15(17)10-13(4)16-9-8-12(3)11-16/h5-8,10H,9,11H2,1-4H3/b7-5-,13-10?,14-6+. The fourth-order valence-corrected chi connectivity index (χ4v) is 1.83. The van der Waals surface area contributed by atoms with Gasteiger partial charge >= 0.3 is 0 Å². The molecule has 17 heavy (non-hydrogen) atoms. The van der Waals surface area contributed by atoms with E-state index in [4.69, 9.17) is 0 Å². The molecule has 0 unspecified atom stereocenters. The molecule has 1 rings (SSSR count). The lowest BCUT2D eigenvalue weighted by Gasteiger charge is -2.18. The van der Waals surface area contributed by atoms with Crippen molar-refractivity contribution < 1.29 is 4.79 Å². The first-order chi connectivity index (χ1) is 8.08. The topological polar surface area (TPSA) is 20.3 Å². The summed E-state index contributed by atoms with van der Waals surface area (Å²) < 4.78 is 0. The van der Waals surface area contributed by atoms with E-state index in [9.17, 15) is 4.79 Å². The van der Waals surface area contributed by atoms with Gasteiger partial charge in [0, 0.05) is 30.4 Å². The first-order valence-corrected chi connectivity index (χ1v) is 6.00. The van der Waals surface area contributed by atoms with Crippen LogP contribution < -0.4 is 0 Å². The van der Waals surface area contributed by atoms with Gasteiger partial charge in [-0.2, -0.15) is 0 Å². The van der Waals surface area contributed by atoms with Crippen molar-refractivity contribution in [3.63, 3.8) is 0 Å². The highest BCUT2D eigenvalue weighted by Crippen LogP contribution is 2.15. The molecule has 0 fully saturated rings. The molecule has 92 valence electrons. The molecule has 0 aromatic carbocycles. The highest BCUT2D eigenvalue weighted by molar-refractivity contribution is 6.06. The summed E-state index contributed by atoms with van der Waals surface area (Å²) in [4.78, 5) is 14.2. The highest BCUT2D eigenvalue weighted by atomic mass is 16.1. The first kappa shape index (κ1) is 13.5. The van der Waals surface area contributed by atoms with Crippen molar-refractivity contribution in [1.29, 1.82) is 0 Å². The Bertz CT molecular complexity index is 411. The van der Waals surface area contributed by atoms with Crippen LogP contribution >= 0.6 is 0 Å². The van der Waals surface area contributed by atoms with Crippen LogP contribution in [0.5, 0.6) is 0 Å². The van der Waals surface area contributed by atoms with E-state index < -0.39 is 0 Å². The lowest BCUT2D eigenvalue weighted by atomic mass is 10.1. The third-order valence-corrected chi connectivity index (χ3v) is 2.88. The van der Waals surface area contributed by atoms with Crippen molar-refractivity contribution in [2.75, 3.05) is 13.1 Å². The van der Waals surface area contributed by atoms with Crippen LogP contribution in [0.1, 0.15) is 27.7 Å². The van der Waals surface area contributed by atoms with E-state index in [2.05, 4.69) is 17.9 Å². The second-order valence-electron chi connectivity index (χ2n) is 4.32. The maximum absolute atomic E-state index is 12.0. The third kappa shape index (κ3) is 3.74. The molecular formula is C15H21NO. The van der Waals surface area contributed by atoms with Gasteiger partial charge in [-0.25, -0.2) is 0 Å². The quantitative estimate of drug-likeness (QED) is 0.420. The van der Waals surface area contributed by atoms with E-state index in [1.165, 1.54) is 5.57 Å². The van der Waals surface area contributed by atoms with Crippen LogP contribution in [0, 0.1) is 0 Å². The molecule has 0 saturated carbocycles. The van der Waals surface area contributed by atoms with Crippen molar-refractivity contribution in [2.45, 2.75) is 27.7 Å². The summed E-state index contributed by atoms with van der Waals surface area (Å²) >= 11 is 0. The molecule has 0 aromatic heterocycles. The lowest BCUT2D eigenvalue weighted by molar-refractivity contribution is -0.111. The fourth-order valence-electron chi connectivity index (χ4n) is 1.83. The Morgan fingerprint density at radius 3 is 2.59 bits per heavy atom. The van der Waals surface area contributed by atoms with Gasteiger partial charge in [-0.15, -0.1) is 0 Å². The second kappa shape index (κ2) is 6.24. The van der Waals surface area contributed by atoms with Crippen LogP contribution in [0.15, 0.2) is 47.2 Å². The van der Waals surface area contributed by atoms with Crippen molar-refractivity contribution in [3.8, 4) is 0 Å². The predicted octanol–water partition coefficient (Wildman–Crippen LogP) is 3.24. The third-order valence-electron chi connectivity index (χ3n) is 2.88. The fraction of sp³-hybridized carbons (Fsp3) is 0.400. The van der Waals surface area contributed by atoms with Crippen molar-refractivity contribution in [3.05, 3.63) is 47.2 Å². The van der Waals surface area contributed by atoms with Crippen molar-refractivity contribution >= 4 is 5.78 Å². The van der Waals surface area contributed by atoms with Gasteiger partial charge in [0.1, 0.15) is 0 Å². The molecule has 0 aliphatic carbocycles. The van der Waals surface area contributed by atoms with Gasteiger partial charge in [-0.1, -0.05) is 29.9 Å². The average Bonchev–Trinajstić information content (AvgIpc) is 2.72. The summed E-state index contributed by atoms with van der Waals surface area (Å²) in [6.45, 7) is 9.76. The van der Waals surface area contributed by atoms with Crippen molar-refractivity contribution in [1.82, 2.24) is 4.90 Å². The summed E-state index contributed by atoms with van der Waals surface area (Å²) in [5, 5.41) is 0. The molecule has 1 aliphatic heterocycles. The van der Waals surface area contributed by atoms with Crippen LogP contribution in [0.3, 0.4) is 0 Å². The van der Waals surface area contributed by atoms with E-state index in [1.807, 2.05) is 39.0 Å². The lowest BCUT2D eigenvalue weighted by Crippen LogP contribution is -2.19. The van der Waals surface area contributed by atoms with Crippen LogP contribution in [-0.4, -0.2) is 23.8 Å². The number of rotatable bonds is 4. The summed E-state index contributed by atoms with van der Waals surface area (Å²) in [5.74, 6) is 0.0765. The maximum atomic E-state index is 12.0. The SMILES string of the molecule is C/C=C\C(=C/C)C(=O)C=C(C)N1CC=C(C)C1. The van der Waals surface area contributed by atoms with Crippen LogP contribution in [0.4, 0.5) is 0 Å². The molecule has 0 bridgehead atoms. The van der Waals surface area contributed by atoms with Crippen LogP contribution in [0.25, 0.3) is 0 Å². The minimum atomic E-state index is 0.0765. The molecule has 0 saturated heterocycles. The first-order valence-electron chi connectivity index (χ1n) is 6.00. The van der Waals surface area contributed by atoms with Gasteiger partial charge in [0.25, 0.3) is 0 Å². The molecule has 0 N–H and O–H groups in total. The highest BCUT2D eigenvalue weighted by Gasteiger charge is 2.12. The normalized spacial score (nSPS) is 17.9. The molecule has 0 atom stereocenters. The smallest absolute Gasteiger partial charge is 0.187 e. The van der Waals surface area contributed by atoms with Gasteiger partial charge in [-0.3, -0.25) is 4.79 Å². The van der Waals surface area contributed by atoms with Gasteiger partial charge in [0.2, 0.25) is 0 Å². The van der Waals surface area contributed by atoms with E-state index in [0.717, 1.165) is 24.4 Å². The molecule has 1 aliphatic rings. The number of hydrogen-bond acceptors (Lipinski definition) is 2. The van der Waals surface area contributed by atoms with E-state index in [1.54, 1.807) is 6.08 Å². The summed E-state index contributed by atoms with van der Waals surface area (Å²) in [5.41, 5.74) is 3.15. The Morgan fingerprint density at radius 2 is 2.12 bits per heavy atom. The molecule has 0 aromatic rings. The maximum Gasteiger partial charge on any atom is 0.187 e. The molecule has 2 heteroatoms. The zero-order valence-corrected chi connectivity index (χ0v) is 11.2. The van der Waals surface area contributed by atoms with Gasteiger partial charge in [0.05, 0.1) is 0 Å².